The Morgan fingerprint density at radius 2 is 1.81 bits per heavy atom. The lowest BCUT2D eigenvalue weighted by atomic mass is 10.0. The Morgan fingerprint density at radius 3 is 2.59 bits per heavy atom. The summed E-state index contributed by atoms with van der Waals surface area (Å²) in [4.78, 5) is 28.7. The molecule has 0 bridgehead atoms. The molecule has 6 heteroatoms. The monoisotopic (exact) mass is 362 g/mol. The third-order valence-electron chi connectivity index (χ3n) is 4.39. The number of fused-ring (bicyclic) bond motifs is 1. The van der Waals surface area contributed by atoms with Crippen LogP contribution in [0.15, 0.2) is 76.2 Å². The van der Waals surface area contributed by atoms with Crippen molar-refractivity contribution in [2.24, 2.45) is 0 Å². The van der Waals surface area contributed by atoms with Crippen LogP contribution in [0.5, 0.6) is 0 Å². The van der Waals surface area contributed by atoms with Gasteiger partial charge in [0.15, 0.2) is 11.4 Å². The Hall–Kier alpha value is -3.54. The fraction of sp³-hybridized carbons (Fsp3) is 0.0952. The first kappa shape index (κ1) is 16.9. The molecule has 134 valence electrons. The van der Waals surface area contributed by atoms with Crippen molar-refractivity contribution in [1.82, 2.24) is 9.55 Å². The Labute approximate surface area is 153 Å². The summed E-state index contributed by atoms with van der Waals surface area (Å²) in [6.07, 6.45) is 4.06. The van der Waals surface area contributed by atoms with E-state index in [0.717, 1.165) is 5.56 Å². The lowest BCUT2D eigenvalue weighted by molar-refractivity contribution is 0.103. The van der Waals surface area contributed by atoms with Crippen LogP contribution < -0.4 is 5.76 Å². The van der Waals surface area contributed by atoms with Crippen molar-refractivity contribution in [2.45, 2.75) is 13.0 Å². The maximum atomic E-state index is 13.4. The maximum absolute atomic E-state index is 13.4. The fourth-order valence-electron chi connectivity index (χ4n) is 3.01. The van der Waals surface area contributed by atoms with Gasteiger partial charge in [0.2, 0.25) is 0 Å². The van der Waals surface area contributed by atoms with Crippen LogP contribution in [0.2, 0.25) is 0 Å². The molecule has 0 saturated heterocycles. The van der Waals surface area contributed by atoms with Gasteiger partial charge >= 0.3 is 5.76 Å². The topological polar surface area (TPSA) is 65.1 Å². The molecule has 4 rings (SSSR count). The minimum Gasteiger partial charge on any atom is -0.408 e. The minimum atomic E-state index is -0.477. The summed E-state index contributed by atoms with van der Waals surface area (Å²) in [5.41, 5.74) is 2.59. The summed E-state index contributed by atoms with van der Waals surface area (Å²) < 4.78 is 20.2. The van der Waals surface area contributed by atoms with Crippen LogP contribution in [0.3, 0.4) is 0 Å². The number of pyridine rings is 1. The molecular formula is C21H15FN2O3. The summed E-state index contributed by atoms with van der Waals surface area (Å²) in [6, 6.07) is 14.1. The van der Waals surface area contributed by atoms with E-state index in [1.807, 2.05) is 12.1 Å². The number of oxazole rings is 1. The van der Waals surface area contributed by atoms with Gasteiger partial charge in [0.05, 0.1) is 5.52 Å². The van der Waals surface area contributed by atoms with Crippen molar-refractivity contribution < 1.29 is 13.6 Å². The van der Waals surface area contributed by atoms with Gasteiger partial charge in [-0.15, -0.1) is 0 Å². The summed E-state index contributed by atoms with van der Waals surface area (Å²) in [5.74, 6) is -1.28. The zero-order chi connectivity index (χ0) is 18.8. The first-order valence-electron chi connectivity index (χ1n) is 8.44. The highest BCUT2D eigenvalue weighted by Gasteiger charge is 2.14. The normalized spacial score (nSPS) is 11.0. The molecule has 2 aromatic heterocycles. The second kappa shape index (κ2) is 6.99. The van der Waals surface area contributed by atoms with Gasteiger partial charge in [-0.05, 0) is 54.4 Å². The lowest BCUT2D eigenvalue weighted by Gasteiger charge is -2.04. The number of aryl methyl sites for hydroxylation is 2. The molecule has 0 unspecified atom stereocenters. The van der Waals surface area contributed by atoms with Crippen molar-refractivity contribution >= 4 is 16.9 Å². The molecule has 0 fully saturated rings. The third kappa shape index (κ3) is 3.42. The number of halogens is 1. The van der Waals surface area contributed by atoms with Crippen LogP contribution in [-0.4, -0.2) is 15.3 Å². The molecule has 0 N–H and O–H groups in total. The lowest BCUT2D eigenvalue weighted by Crippen LogP contribution is -2.15. The molecule has 0 saturated carbocycles. The van der Waals surface area contributed by atoms with Gasteiger partial charge in [0.1, 0.15) is 5.82 Å². The fourth-order valence-corrected chi connectivity index (χ4v) is 3.01. The number of hydrogen-bond acceptors (Lipinski definition) is 4. The van der Waals surface area contributed by atoms with E-state index in [1.165, 1.54) is 28.8 Å². The Balaban J connectivity index is 1.64. The molecule has 4 aromatic rings. The SMILES string of the molecule is O=C(c1cccc(F)c1)c1ccc2c(c1)oc(=O)n2CCc1ccncc1. The number of nitrogens with zero attached hydrogens (tertiary/aromatic N) is 2. The highest BCUT2D eigenvalue weighted by Crippen LogP contribution is 2.19. The van der Waals surface area contributed by atoms with E-state index in [9.17, 15) is 14.0 Å². The standard InChI is InChI=1S/C21H15FN2O3/c22-17-3-1-2-15(12-17)20(25)16-4-5-18-19(13-16)27-21(26)24(18)11-8-14-6-9-23-10-7-14/h1-7,9-10,12-13H,8,11H2. The molecule has 5 nitrogen and oxygen atoms in total. The molecule has 0 spiro atoms. The second-order valence-corrected chi connectivity index (χ2v) is 6.15. The van der Waals surface area contributed by atoms with Crippen molar-refractivity contribution in [2.75, 3.05) is 0 Å². The van der Waals surface area contributed by atoms with E-state index < -0.39 is 11.6 Å². The largest absolute Gasteiger partial charge is 0.419 e. The summed E-state index contributed by atoms with van der Waals surface area (Å²) >= 11 is 0. The van der Waals surface area contributed by atoms with Crippen LogP contribution in [0.4, 0.5) is 4.39 Å². The van der Waals surface area contributed by atoms with Gasteiger partial charge in [0, 0.05) is 30.1 Å². The van der Waals surface area contributed by atoms with Gasteiger partial charge in [-0.1, -0.05) is 12.1 Å². The van der Waals surface area contributed by atoms with Gasteiger partial charge < -0.3 is 4.42 Å². The first-order valence-corrected chi connectivity index (χ1v) is 8.44. The number of aromatic nitrogens is 2. The Morgan fingerprint density at radius 1 is 1.04 bits per heavy atom. The average Bonchev–Trinajstić information content (AvgIpc) is 3.00. The second-order valence-electron chi connectivity index (χ2n) is 6.15. The highest BCUT2D eigenvalue weighted by molar-refractivity contribution is 6.10. The molecule has 0 atom stereocenters. The summed E-state index contributed by atoms with van der Waals surface area (Å²) in [5, 5.41) is 0. The highest BCUT2D eigenvalue weighted by atomic mass is 19.1. The molecule has 0 aliphatic heterocycles. The smallest absolute Gasteiger partial charge is 0.408 e. The molecule has 0 aliphatic carbocycles. The van der Waals surface area contributed by atoms with Crippen LogP contribution >= 0.6 is 0 Å². The van der Waals surface area contributed by atoms with Gasteiger partial charge in [-0.3, -0.25) is 14.3 Å². The molecule has 0 amide bonds. The quantitative estimate of drug-likeness (QED) is 0.509. The number of carbonyl (C=O) groups is 1. The van der Waals surface area contributed by atoms with Crippen LogP contribution in [-0.2, 0) is 13.0 Å². The summed E-state index contributed by atoms with van der Waals surface area (Å²) in [7, 11) is 0. The number of carbonyl (C=O) groups excluding carboxylic acids is 1. The van der Waals surface area contributed by atoms with Crippen LogP contribution in [0.25, 0.3) is 11.1 Å². The zero-order valence-corrected chi connectivity index (χ0v) is 14.3. The average molecular weight is 362 g/mol. The predicted molar refractivity (Wildman–Crippen MR) is 98.2 cm³/mol. The first-order chi connectivity index (χ1) is 13.1. The van der Waals surface area contributed by atoms with Gasteiger partial charge in [-0.25, -0.2) is 9.18 Å². The maximum Gasteiger partial charge on any atom is 0.419 e. The predicted octanol–water partition coefficient (Wildman–Crippen LogP) is 3.60. The van der Waals surface area contributed by atoms with E-state index in [1.54, 1.807) is 30.6 Å². The number of rotatable bonds is 5. The van der Waals surface area contributed by atoms with E-state index in [2.05, 4.69) is 4.98 Å². The Bertz CT molecular complexity index is 1180. The van der Waals surface area contributed by atoms with Crippen molar-refractivity contribution in [3.8, 4) is 0 Å². The van der Waals surface area contributed by atoms with Gasteiger partial charge in [0.25, 0.3) is 0 Å². The summed E-state index contributed by atoms with van der Waals surface area (Å²) in [6.45, 7) is 0.451. The van der Waals surface area contributed by atoms with Crippen molar-refractivity contribution in [1.29, 1.82) is 0 Å². The van der Waals surface area contributed by atoms with Gasteiger partial charge in [-0.2, -0.15) is 0 Å². The zero-order valence-electron chi connectivity index (χ0n) is 14.3. The van der Waals surface area contributed by atoms with E-state index in [0.29, 0.717) is 29.6 Å². The Kier molecular flexibility index (Phi) is 4.38. The van der Waals surface area contributed by atoms with Crippen molar-refractivity contribution in [3.63, 3.8) is 0 Å². The molecule has 0 aliphatic rings. The molecule has 27 heavy (non-hydrogen) atoms. The van der Waals surface area contributed by atoms with E-state index >= 15 is 0 Å². The molecule has 2 aromatic carbocycles. The van der Waals surface area contributed by atoms with E-state index in [4.69, 9.17) is 4.42 Å². The van der Waals surface area contributed by atoms with Crippen LogP contribution in [0, 0.1) is 5.82 Å². The third-order valence-corrected chi connectivity index (χ3v) is 4.39. The van der Waals surface area contributed by atoms with Crippen molar-refractivity contribution in [3.05, 3.63) is 100 Å². The number of hydrogen-bond donors (Lipinski definition) is 0. The number of benzene rings is 2. The molecular weight excluding hydrogens is 347 g/mol. The van der Waals surface area contributed by atoms with E-state index in [-0.39, 0.29) is 11.3 Å². The minimum absolute atomic E-state index is 0.244. The van der Waals surface area contributed by atoms with Crippen LogP contribution in [0.1, 0.15) is 21.5 Å². The molecule has 0 radical (unpaired) electrons. The molecule has 2 heterocycles. The number of ketones is 1.